The first-order chi connectivity index (χ1) is 21.0. The molecule has 10 nitrogen and oxygen atoms in total. The summed E-state index contributed by atoms with van der Waals surface area (Å²) < 4.78 is 23.5. The number of sulfone groups is 1. The summed E-state index contributed by atoms with van der Waals surface area (Å²) in [4.78, 5) is 46.3. The fraction of sp³-hybridized carbons (Fsp3) is 0.394. The maximum Gasteiger partial charge on any atom is 0.253 e. The van der Waals surface area contributed by atoms with E-state index in [0.717, 1.165) is 50.0 Å². The number of anilines is 1. The minimum atomic E-state index is -3.28. The molecule has 234 valence electrons. The molecule has 3 aromatic rings. The molecule has 0 aliphatic carbocycles. The van der Waals surface area contributed by atoms with Crippen LogP contribution in [0.5, 0.6) is 0 Å². The first kappa shape index (κ1) is 32.8. The summed E-state index contributed by atoms with van der Waals surface area (Å²) in [6.45, 7) is 6.50. The smallest absolute Gasteiger partial charge is 0.253 e. The molecule has 44 heavy (non-hydrogen) atoms. The largest absolute Gasteiger partial charge is 0.345 e. The third kappa shape index (κ3) is 9.20. The van der Waals surface area contributed by atoms with E-state index in [-0.39, 0.29) is 41.1 Å². The van der Waals surface area contributed by atoms with E-state index in [4.69, 9.17) is 0 Å². The van der Waals surface area contributed by atoms with E-state index in [1.807, 2.05) is 42.2 Å². The highest BCUT2D eigenvalue weighted by atomic mass is 32.2. The Bertz CT molecular complexity index is 1520. The Labute approximate surface area is 259 Å². The highest BCUT2D eigenvalue weighted by molar-refractivity contribution is 7.90. The van der Waals surface area contributed by atoms with Gasteiger partial charge in [-0.2, -0.15) is 0 Å². The summed E-state index contributed by atoms with van der Waals surface area (Å²) in [6.07, 6.45) is 5.31. The molecule has 0 unspecified atom stereocenters. The zero-order valence-corrected chi connectivity index (χ0v) is 26.3. The second-order valence-corrected chi connectivity index (χ2v) is 13.2. The number of hydrogen-bond acceptors (Lipinski definition) is 7. The summed E-state index contributed by atoms with van der Waals surface area (Å²) in [5, 5.41) is 5.76. The average Bonchev–Trinajstić information content (AvgIpc) is 3.00. The summed E-state index contributed by atoms with van der Waals surface area (Å²) >= 11 is 0. The number of benzene rings is 2. The number of amides is 3. The molecule has 4 rings (SSSR count). The highest BCUT2D eigenvalue weighted by Gasteiger charge is 2.28. The van der Waals surface area contributed by atoms with Crippen LogP contribution in [0.1, 0.15) is 60.6 Å². The number of likely N-dealkylation sites (tertiary alicyclic amines) is 1. The van der Waals surface area contributed by atoms with Crippen molar-refractivity contribution < 1.29 is 22.8 Å². The van der Waals surface area contributed by atoms with E-state index in [9.17, 15) is 22.8 Å². The van der Waals surface area contributed by atoms with Crippen molar-refractivity contribution in [1.82, 2.24) is 20.1 Å². The number of carbonyl (C=O) groups excluding carboxylic acids is 3. The van der Waals surface area contributed by atoms with Crippen LogP contribution in [-0.2, 0) is 25.8 Å². The molecule has 1 aliphatic heterocycles. The van der Waals surface area contributed by atoms with Crippen LogP contribution >= 0.6 is 0 Å². The Morgan fingerprint density at radius 3 is 2.25 bits per heavy atom. The Kier molecular flexibility index (Phi) is 11.2. The molecule has 2 N–H and O–H groups in total. The molecular weight excluding hydrogens is 578 g/mol. The van der Waals surface area contributed by atoms with Crippen molar-refractivity contribution >= 4 is 33.4 Å². The van der Waals surface area contributed by atoms with Gasteiger partial charge in [0.25, 0.3) is 5.91 Å². The van der Waals surface area contributed by atoms with E-state index in [2.05, 4.69) is 20.5 Å². The lowest BCUT2D eigenvalue weighted by Crippen LogP contribution is -2.48. The maximum absolute atomic E-state index is 13.2. The summed E-state index contributed by atoms with van der Waals surface area (Å²) in [6, 6.07) is 19.6. The zero-order valence-electron chi connectivity index (χ0n) is 25.5. The monoisotopic (exact) mass is 619 g/mol. The lowest BCUT2D eigenvalue weighted by molar-refractivity contribution is -0.133. The van der Waals surface area contributed by atoms with Gasteiger partial charge in [0.1, 0.15) is 5.82 Å². The molecule has 0 saturated carbocycles. The Morgan fingerprint density at radius 1 is 1.00 bits per heavy atom. The summed E-state index contributed by atoms with van der Waals surface area (Å²) in [5.41, 5.74) is 2.23. The molecule has 1 fully saturated rings. The van der Waals surface area contributed by atoms with E-state index in [1.165, 1.54) is 19.4 Å². The molecule has 1 atom stereocenters. The minimum absolute atomic E-state index is 0.0458. The Hall–Kier alpha value is -4.09. The number of aromatic nitrogens is 1. The summed E-state index contributed by atoms with van der Waals surface area (Å²) in [5.74, 6) is -0.0219. The molecular formula is C33H41N5O5S. The van der Waals surface area contributed by atoms with Crippen LogP contribution in [0.2, 0.25) is 0 Å². The molecule has 2 heterocycles. The van der Waals surface area contributed by atoms with Gasteiger partial charge in [0.05, 0.1) is 22.9 Å². The SMILES string of the molecule is CCN(C(=O)Cc1ccc(S(C)(=O)=O)cc1)C1CCN(CC[C@H](NC(=O)c2ccc(NC(C)=O)nc2)c2ccccc2)CC1. The van der Waals surface area contributed by atoms with E-state index in [1.54, 1.807) is 36.4 Å². The third-order valence-corrected chi connectivity index (χ3v) is 9.07. The number of nitrogens with one attached hydrogen (secondary N) is 2. The number of rotatable bonds is 12. The van der Waals surface area contributed by atoms with Crippen LogP contribution in [0, 0.1) is 0 Å². The highest BCUT2D eigenvalue weighted by Crippen LogP contribution is 2.22. The first-order valence-corrected chi connectivity index (χ1v) is 16.8. The van der Waals surface area contributed by atoms with Gasteiger partial charge in [0, 0.05) is 51.6 Å². The van der Waals surface area contributed by atoms with Gasteiger partial charge < -0.3 is 20.4 Å². The van der Waals surface area contributed by atoms with Gasteiger partial charge in [-0.25, -0.2) is 13.4 Å². The van der Waals surface area contributed by atoms with Crippen LogP contribution in [0.25, 0.3) is 0 Å². The van der Waals surface area contributed by atoms with Crippen molar-refractivity contribution in [1.29, 1.82) is 0 Å². The number of pyridine rings is 1. The first-order valence-electron chi connectivity index (χ1n) is 14.9. The molecule has 2 aromatic carbocycles. The predicted octanol–water partition coefficient (Wildman–Crippen LogP) is 3.86. The van der Waals surface area contributed by atoms with Crippen LogP contribution in [-0.4, -0.2) is 79.4 Å². The molecule has 0 bridgehead atoms. The van der Waals surface area contributed by atoms with Gasteiger partial charge >= 0.3 is 0 Å². The number of nitrogens with zero attached hydrogens (tertiary/aromatic N) is 3. The number of likely N-dealkylation sites (N-methyl/N-ethyl adjacent to an activating group) is 1. The van der Waals surface area contributed by atoms with Gasteiger partial charge in [0.15, 0.2) is 9.84 Å². The lowest BCUT2D eigenvalue weighted by atomic mass is 9.99. The number of hydrogen-bond donors (Lipinski definition) is 2. The van der Waals surface area contributed by atoms with Gasteiger partial charge in [-0.3, -0.25) is 14.4 Å². The molecule has 3 amide bonds. The van der Waals surface area contributed by atoms with E-state index >= 15 is 0 Å². The third-order valence-electron chi connectivity index (χ3n) is 7.94. The molecule has 0 spiro atoms. The van der Waals surface area contributed by atoms with Crippen LogP contribution in [0.4, 0.5) is 5.82 Å². The fourth-order valence-electron chi connectivity index (χ4n) is 5.57. The van der Waals surface area contributed by atoms with Gasteiger partial charge in [0.2, 0.25) is 11.8 Å². The molecule has 1 aliphatic rings. The topological polar surface area (TPSA) is 129 Å². The van der Waals surface area contributed by atoms with Crippen molar-refractivity contribution in [2.45, 2.75) is 56.5 Å². The minimum Gasteiger partial charge on any atom is -0.345 e. The van der Waals surface area contributed by atoms with Crippen LogP contribution in [0.15, 0.2) is 77.8 Å². The van der Waals surface area contributed by atoms with Crippen molar-refractivity contribution in [2.24, 2.45) is 0 Å². The van der Waals surface area contributed by atoms with Gasteiger partial charge in [-0.15, -0.1) is 0 Å². The van der Waals surface area contributed by atoms with E-state index in [0.29, 0.717) is 17.9 Å². The Morgan fingerprint density at radius 2 is 1.68 bits per heavy atom. The maximum atomic E-state index is 13.2. The van der Waals surface area contributed by atoms with Crippen LogP contribution < -0.4 is 10.6 Å². The standard InChI is InChI=1S/C33H41N5O5S/c1-4-38(32(40)22-25-10-13-29(14-11-25)44(3,42)43)28-16-19-37(20-17-28)21-18-30(26-8-6-5-7-9-26)36-33(41)27-12-15-31(34-23-27)35-24(2)39/h5-15,23,28,30H,4,16-22H2,1-3H3,(H,36,41)(H,34,35,39)/t30-/m0/s1. The van der Waals surface area contributed by atoms with Gasteiger partial charge in [-0.05, 0) is 61.6 Å². The van der Waals surface area contributed by atoms with Crippen LogP contribution in [0.3, 0.4) is 0 Å². The number of carbonyl (C=O) groups is 3. The van der Waals surface area contributed by atoms with Crippen molar-refractivity contribution in [3.63, 3.8) is 0 Å². The van der Waals surface area contributed by atoms with Crippen molar-refractivity contribution in [2.75, 3.05) is 37.8 Å². The van der Waals surface area contributed by atoms with Crippen molar-refractivity contribution in [3.8, 4) is 0 Å². The fourth-order valence-corrected chi connectivity index (χ4v) is 6.20. The van der Waals surface area contributed by atoms with Gasteiger partial charge in [-0.1, -0.05) is 42.5 Å². The van der Waals surface area contributed by atoms with E-state index < -0.39 is 9.84 Å². The summed E-state index contributed by atoms with van der Waals surface area (Å²) in [7, 11) is -3.28. The normalized spacial score (nSPS) is 14.9. The lowest BCUT2D eigenvalue weighted by Gasteiger charge is -2.38. The molecule has 1 saturated heterocycles. The second-order valence-electron chi connectivity index (χ2n) is 11.2. The average molecular weight is 620 g/mol. The molecule has 0 radical (unpaired) electrons. The zero-order chi connectivity index (χ0) is 31.7. The quantitative estimate of drug-likeness (QED) is 0.315. The molecule has 11 heteroatoms. The second kappa shape index (κ2) is 15.1. The van der Waals surface area contributed by atoms with Crippen molar-refractivity contribution in [3.05, 3.63) is 89.6 Å². The molecule has 1 aromatic heterocycles. The number of piperidine rings is 1. The predicted molar refractivity (Wildman–Crippen MR) is 170 cm³/mol. The Balaban J connectivity index is 1.31.